The maximum atomic E-state index is 10.7. The van der Waals surface area contributed by atoms with E-state index in [9.17, 15) is 9.59 Å². The number of aliphatic imine (C=N–C) groups is 1. The molecule has 0 aliphatic heterocycles. The van der Waals surface area contributed by atoms with Gasteiger partial charge in [0, 0.05) is 13.0 Å². The maximum Gasteiger partial charge on any atom is 0.320 e. The summed E-state index contributed by atoms with van der Waals surface area (Å²) in [5.74, 6) is -0.795. The number of hydrogen-bond donors (Lipinski definition) is 4. The van der Waals surface area contributed by atoms with Crippen LogP contribution in [-0.2, 0) is 9.59 Å². The Morgan fingerprint density at radius 2 is 1.56 bits per heavy atom. The van der Waals surface area contributed by atoms with Crippen LogP contribution in [-0.4, -0.2) is 42.5 Å². The van der Waals surface area contributed by atoms with Crippen LogP contribution in [0.3, 0.4) is 0 Å². The number of nitrogens with one attached hydrogen (secondary N) is 1. The normalized spacial score (nSPS) is 11.2. The molecular formula is C20H42N4O3. The standard InChI is InChI=1S/C12H24O.C8H18N4O2/c1-2-3-4-5-6-7-8-9-10-11-12-13;1-2-11-6(7(13)14)4-3-5-12-8(9)10/h12H,2-11H2,1H3;6,11H,2-5H2,1H3,(H,13,14)(H4,9,10,12)/t;6-/m.0/s1. The summed E-state index contributed by atoms with van der Waals surface area (Å²) in [6, 6.07) is -0.505. The fraction of sp³-hybridized carbons (Fsp3) is 0.850. The Kier molecular flexibility index (Phi) is 22.9. The van der Waals surface area contributed by atoms with Crippen molar-refractivity contribution < 1.29 is 14.7 Å². The zero-order chi connectivity index (χ0) is 20.8. The van der Waals surface area contributed by atoms with Gasteiger partial charge in [0.15, 0.2) is 5.96 Å². The number of rotatable bonds is 17. The lowest BCUT2D eigenvalue weighted by Gasteiger charge is -2.11. The summed E-state index contributed by atoms with van der Waals surface area (Å²) in [6.07, 6.45) is 14.9. The van der Waals surface area contributed by atoms with E-state index in [4.69, 9.17) is 16.6 Å². The summed E-state index contributed by atoms with van der Waals surface area (Å²) in [5, 5.41) is 11.6. The van der Waals surface area contributed by atoms with Gasteiger partial charge in [0.1, 0.15) is 12.3 Å². The Bertz CT molecular complexity index is 372. The van der Waals surface area contributed by atoms with Crippen molar-refractivity contribution in [3.05, 3.63) is 0 Å². The minimum Gasteiger partial charge on any atom is -0.480 e. The molecule has 0 aliphatic rings. The molecule has 0 saturated heterocycles. The Balaban J connectivity index is 0. The highest BCUT2D eigenvalue weighted by Gasteiger charge is 2.14. The number of nitrogens with zero attached hydrogens (tertiary/aromatic N) is 1. The van der Waals surface area contributed by atoms with Crippen LogP contribution in [0, 0.1) is 0 Å². The number of guanidine groups is 1. The van der Waals surface area contributed by atoms with Gasteiger partial charge in [-0.15, -0.1) is 0 Å². The van der Waals surface area contributed by atoms with Crippen LogP contribution in [0.1, 0.15) is 90.9 Å². The van der Waals surface area contributed by atoms with Crippen LogP contribution in [0.4, 0.5) is 0 Å². The first kappa shape index (κ1) is 27.6. The number of aliphatic carboxylic acids is 1. The summed E-state index contributed by atoms with van der Waals surface area (Å²) in [5.41, 5.74) is 10.2. The second kappa shape index (κ2) is 22.4. The third-order valence-corrected chi connectivity index (χ3v) is 4.12. The quantitative estimate of drug-likeness (QED) is 0.131. The van der Waals surface area contributed by atoms with Crippen LogP contribution < -0.4 is 16.8 Å². The molecule has 0 aromatic rings. The van der Waals surface area contributed by atoms with E-state index in [0.717, 1.165) is 19.1 Å². The van der Waals surface area contributed by atoms with Crippen molar-refractivity contribution in [3.63, 3.8) is 0 Å². The first-order chi connectivity index (χ1) is 13.0. The number of carboxylic acid groups (broad SMARTS) is 1. The molecule has 0 rings (SSSR count). The number of carboxylic acids is 1. The minimum absolute atomic E-state index is 0.0420. The van der Waals surface area contributed by atoms with Crippen molar-refractivity contribution in [2.75, 3.05) is 13.1 Å². The summed E-state index contributed by atoms with van der Waals surface area (Å²) in [7, 11) is 0. The summed E-state index contributed by atoms with van der Waals surface area (Å²) < 4.78 is 0. The highest BCUT2D eigenvalue weighted by atomic mass is 16.4. The largest absolute Gasteiger partial charge is 0.480 e. The third-order valence-electron chi connectivity index (χ3n) is 4.12. The van der Waals surface area contributed by atoms with Gasteiger partial charge in [0.2, 0.25) is 0 Å². The molecule has 0 fully saturated rings. The number of carbonyl (C=O) groups excluding carboxylic acids is 1. The van der Waals surface area contributed by atoms with Crippen LogP contribution in [0.25, 0.3) is 0 Å². The number of nitrogens with two attached hydrogens (primary N) is 2. The highest BCUT2D eigenvalue weighted by Crippen LogP contribution is 2.09. The second-order valence-electron chi connectivity index (χ2n) is 6.68. The van der Waals surface area contributed by atoms with Crippen LogP contribution in [0.15, 0.2) is 4.99 Å². The average molecular weight is 387 g/mol. The number of hydrogen-bond acceptors (Lipinski definition) is 4. The monoisotopic (exact) mass is 386 g/mol. The number of unbranched alkanes of at least 4 members (excludes halogenated alkanes) is 9. The first-order valence-corrected chi connectivity index (χ1v) is 10.4. The minimum atomic E-state index is -0.837. The molecule has 0 radical (unpaired) electrons. The fourth-order valence-corrected chi connectivity index (χ4v) is 2.60. The first-order valence-electron chi connectivity index (χ1n) is 10.4. The van der Waals surface area contributed by atoms with Gasteiger partial charge in [-0.1, -0.05) is 65.2 Å². The predicted molar refractivity (Wildman–Crippen MR) is 113 cm³/mol. The second-order valence-corrected chi connectivity index (χ2v) is 6.68. The zero-order valence-corrected chi connectivity index (χ0v) is 17.4. The molecule has 7 nitrogen and oxygen atoms in total. The third kappa shape index (κ3) is 24.4. The molecule has 0 aromatic heterocycles. The summed E-state index contributed by atoms with van der Waals surface area (Å²) >= 11 is 0. The van der Waals surface area contributed by atoms with Crippen molar-refractivity contribution >= 4 is 18.2 Å². The van der Waals surface area contributed by atoms with Gasteiger partial charge < -0.3 is 26.7 Å². The molecule has 160 valence electrons. The topological polar surface area (TPSA) is 131 Å². The summed E-state index contributed by atoms with van der Waals surface area (Å²) in [4.78, 5) is 24.4. The summed E-state index contributed by atoms with van der Waals surface area (Å²) in [6.45, 7) is 5.22. The van der Waals surface area contributed by atoms with E-state index < -0.39 is 12.0 Å². The molecule has 0 bridgehead atoms. The average Bonchev–Trinajstić information content (AvgIpc) is 2.63. The SMILES string of the molecule is CCCCCCCCCCCC=O.CCN[C@@H](CCCN=C(N)N)C(=O)O. The molecule has 0 heterocycles. The molecule has 0 aromatic carbocycles. The molecule has 0 amide bonds. The predicted octanol–water partition coefficient (Wildman–Crippen LogP) is 3.21. The van der Waals surface area contributed by atoms with Crippen LogP contribution in [0.5, 0.6) is 0 Å². The molecule has 0 aliphatic carbocycles. The van der Waals surface area contributed by atoms with Gasteiger partial charge in [-0.05, 0) is 25.8 Å². The Morgan fingerprint density at radius 3 is 2.00 bits per heavy atom. The van der Waals surface area contributed by atoms with Gasteiger partial charge in [-0.25, -0.2) is 0 Å². The Morgan fingerprint density at radius 1 is 1.00 bits per heavy atom. The molecule has 7 heteroatoms. The molecule has 0 saturated carbocycles. The zero-order valence-electron chi connectivity index (χ0n) is 17.4. The molecule has 0 unspecified atom stereocenters. The van der Waals surface area contributed by atoms with Gasteiger partial charge >= 0.3 is 5.97 Å². The number of aldehydes is 1. The van der Waals surface area contributed by atoms with Gasteiger partial charge in [0.25, 0.3) is 0 Å². The van der Waals surface area contributed by atoms with E-state index in [0.29, 0.717) is 25.9 Å². The lowest BCUT2D eigenvalue weighted by molar-refractivity contribution is -0.139. The van der Waals surface area contributed by atoms with Crippen molar-refractivity contribution in [3.8, 4) is 0 Å². The van der Waals surface area contributed by atoms with E-state index >= 15 is 0 Å². The lowest BCUT2D eigenvalue weighted by Crippen LogP contribution is -2.36. The van der Waals surface area contributed by atoms with E-state index in [1.165, 1.54) is 51.4 Å². The van der Waals surface area contributed by atoms with E-state index in [-0.39, 0.29) is 5.96 Å². The number of carbonyl (C=O) groups is 2. The lowest BCUT2D eigenvalue weighted by atomic mass is 10.1. The van der Waals surface area contributed by atoms with Gasteiger partial charge in [-0.3, -0.25) is 9.79 Å². The molecule has 27 heavy (non-hydrogen) atoms. The smallest absolute Gasteiger partial charge is 0.320 e. The van der Waals surface area contributed by atoms with Crippen molar-refractivity contribution in [2.45, 2.75) is 96.9 Å². The van der Waals surface area contributed by atoms with Crippen LogP contribution >= 0.6 is 0 Å². The molecule has 1 atom stereocenters. The van der Waals surface area contributed by atoms with E-state index in [1.807, 2.05) is 6.92 Å². The highest BCUT2D eigenvalue weighted by molar-refractivity contribution is 5.75. The fourth-order valence-electron chi connectivity index (χ4n) is 2.60. The van der Waals surface area contributed by atoms with Crippen LogP contribution in [0.2, 0.25) is 0 Å². The van der Waals surface area contributed by atoms with E-state index in [2.05, 4.69) is 17.2 Å². The Hall–Kier alpha value is -1.63. The molecule has 0 spiro atoms. The van der Waals surface area contributed by atoms with Crippen molar-refractivity contribution in [1.82, 2.24) is 5.32 Å². The van der Waals surface area contributed by atoms with Crippen molar-refractivity contribution in [2.24, 2.45) is 16.5 Å². The van der Waals surface area contributed by atoms with E-state index in [1.54, 1.807) is 0 Å². The van der Waals surface area contributed by atoms with Gasteiger partial charge in [-0.2, -0.15) is 0 Å². The maximum absolute atomic E-state index is 10.7. The molecule has 6 N–H and O–H groups in total. The Labute approximate surface area is 165 Å². The van der Waals surface area contributed by atoms with Crippen molar-refractivity contribution in [1.29, 1.82) is 0 Å². The molecular weight excluding hydrogens is 344 g/mol. The van der Waals surface area contributed by atoms with Gasteiger partial charge in [0.05, 0.1) is 0 Å². The number of likely N-dealkylation sites (N-methyl/N-ethyl adjacent to an activating group) is 1.